The standard InChI is InChI=1S/C21H24N4O7S/c26-20(16-3-2-7-23(14-16)21(27)17-6-12-32-15-17)22-8-10-24(11-9-22)33(30,31)19-5-1-4-18(13-19)25(28)29/h1,4-6,12-13,15-16H,2-3,7-11,14H2. The number of nitro benzene ring substituents is 1. The van der Waals surface area contributed by atoms with Gasteiger partial charge in [-0.15, -0.1) is 0 Å². The fourth-order valence-corrected chi connectivity index (χ4v) is 5.71. The third-order valence-electron chi connectivity index (χ3n) is 6.04. The molecular formula is C21H24N4O7S. The molecule has 2 aliphatic heterocycles. The van der Waals surface area contributed by atoms with Crippen LogP contribution in [0.1, 0.15) is 23.2 Å². The second kappa shape index (κ2) is 9.32. The van der Waals surface area contributed by atoms with Gasteiger partial charge in [0.2, 0.25) is 15.9 Å². The normalized spacial score (nSPS) is 19.9. The number of non-ortho nitro benzene ring substituents is 1. The maximum atomic E-state index is 13.1. The topological polar surface area (TPSA) is 134 Å². The van der Waals surface area contributed by atoms with E-state index in [0.29, 0.717) is 31.5 Å². The first kappa shape index (κ1) is 22.9. The molecule has 0 aliphatic carbocycles. The van der Waals surface area contributed by atoms with Crippen LogP contribution in [0.3, 0.4) is 0 Å². The van der Waals surface area contributed by atoms with Gasteiger partial charge < -0.3 is 14.2 Å². The van der Waals surface area contributed by atoms with Crippen molar-refractivity contribution in [1.29, 1.82) is 0 Å². The van der Waals surface area contributed by atoms with Crippen LogP contribution in [-0.4, -0.2) is 78.5 Å². The average Bonchev–Trinajstić information content (AvgIpc) is 3.38. The van der Waals surface area contributed by atoms with Gasteiger partial charge in [0, 0.05) is 51.4 Å². The van der Waals surface area contributed by atoms with Gasteiger partial charge in [0.05, 0.1) is 27.6 Å². The number of nitro groups is 1. The lowest BCUT2D eigenvalue weighted by atomic mass is 9.95. The Kier molecular flexibility index (Phi) is 6.47. The number of piperidine rings is 1. The second-order valence-corrected chi connectivity index (χ2v) is 10.0. The smallest absolute Gasteiger partial charge is 0.270 e. The van der Waals surface area contributed by atoms with Crippen LogP contribution in [0.15, 0.2) is 52.2 Å². The number of hydrogen-bond donors (Lipinski definition) is 0. The number of piperazine rings is 1. The number of carbonyl (C=O) groups is 2. The summed E-state index contributed by atoms with van der Waals surface area (Å²) in [5.41, 5.74) is 0.153. The van der Waals surface area contributed by atoms with Crippen LogP contribution in [-0.2, 0) is 14.8 Å². The molecule has 0 radical (unpaired) electrons. The van der Waals surface area contributed by atoms with Crippen molar-refractivity contribution in [3.63, 3.8) is 0 Å². The number of sulfonamides is 1. The molecule has 0 bridgehead atoms. The summed E-state index contributed by atoms with van der Waals surface area (Å²) in [5, 5.41) is 11.0. The van der Waals surface area contributed by atoms with Crippen LogP contribution in [0.5, 0.6) is 0 Å². The lowest BCUT2D eigenvalue weighted by Crippen LogP contribution is -2.54. The highest BCUT2D eigenvalue weighted by Crippen LogP contribution is 2.24. The summed E-state index contributed by atoms with van der Waals surface area (Å²) < 4.78 is 32.1. The molecule has 12 heteroatoms. The number of rotatable bonds is 5. The third-order valence-corrected chi connectivity index (χ3v) is 7.94. The van der Waals surface area contributed by atoms with Crippen molar-refractivity contribution in [2.75, 3.05) is 39.3 Å². The van der Waals surface area contributed by atoms with E-state index in [2.05, 4.69) is 0 Å². The molecule has 2 fully saturated rings. The van der Waals surface area contributed by atoms with Crippen LogP contribution >= 0.6 is 0 Å². The predicted molar refractivity (Wildman–Crippen MR) is 116 cm³/mol. The van der Waals surface area contributed by atoms with Gasteiger partial charge in [-0.2, -0.15) is 4.31 Å². The Morgan fingerprint density at radius 2 is 1.82 bits per heavy atom. The molecule has 2 amide bonds. The van der Waals surface area contributed by atoms with Gasteiger partial charge in [-0.25, -0.2) is 8.42 Å². The molecule has 176 valence electrons. The first-order chi connectivity index (χ1) is 15.8. The Balaban J connectivity index is 1.37. The van der Waals surface area contributed by atoms with Crippen LogP contribution in [0.4, 0.5) is 5.69 Å². The van der Waals surface area contributed by atoms with Gasteiger partial charge in [-0.1, -0.05) is 6.07 Å². The van der Waals surface area contributed by atoms with E-state index in [9.17, 15) is 28.1 Å². The van der Waals surface area contributed by atoms with Gasteiger partial charge >= 0.3 is 0 Å². The monoisotopic (exact) mass is 476 g/mol. The Morgan fingerprint density at radius 3 is 2.48 bits per heavy atom. The molecule has 11 nitrogen and oxygen atoms in total. The van der Waals surface area contributed by atoms with Crippen molar-refractivity contribution < 1.29 is 27.3 Å². The van der Waals surface area contributed by atoms with Crippen molar-refractivity contribution >= 4 is 27.5 Å². The molecule has 1 unspecified atom stereocenters. The van der Waals surface area contributed by atoms with E-state index in [0.717, 1.165) is 6.07 Å². The Hall–Kier alpha value is -3.25. The molecule has 1 aromatic carbocycles. The number of furan rings is 1. The molecule has 4 rings (SSSR count). The molecule has 2 saturated heterocycles. The van der Waals surface area contributed by atoms with Crippen molar-refractivity contribution in [2.24, 2.45) is 5.92 Å². The predicted octanol–water partition coefficient (Wildman–Crippen LogP) is 1.57. The van der Waals surface area contributed by atoms with Gasteiger partial charge in [0.25, 0.3) is 11.6 Å². The highest BCUT2D eigenvalue weighted by atomic mass is 32.2. The first-order valence-corrected chi connectivity index (χ1v) is 12.1. The zero-order valence-electron chi connectivity index (χ0n) is 17.8. The maximum Gasteiger partial charge on any atom is 0.270 e. The highest BCUT2D eigenvalue weighted by molar-refractivity contribution is 7.89. The fourth-order valence-electron chi connectivity index (χ4n) is 4.25. The summed E-state index contributed by atoms with van der Waals surface area (Å²) in [4.78, 5) is 39.2. The molecule has 3 heterocycles. The van der Waals surface area contributed by atoms with Crippen LogP contribution < -0.4 is 0 Å². The SMILES string of the molecule is O=C(c1ccoc1)N1CCCC(C(=O)N2CCN(S(=O)(=O)c3cccc([N+](=O)[O-])c3)CC2)C1. The summed E-state index contributed by atoms with van der Waals surface area (Å²) in [6, 6.07) is 6.54. The van der Waals surface area contributed by atoms with E-state index in [1.165, 1.54) is 35.0 Å². The molecule has 0 spiro atoms. The van der Waals surface area contributed by atoms with E-state index in [-0.39, 0.29) is 54.5 Å². The number of nitrogens with zero attached hydrogens (tertiary/aromatic N) is 4. The Labute approximate surface area is 190 Å². The van der Waals surface area contributed by atoms with Gasteiger partial charge in [0.1, 0.15) is 6.26 Å². The number of benzene rings is 1. The maximum absolute atomic E-state index is 13.1. The number of amides is 2. The lowest BCUT2D eigenvalue weighted by molar-refractivity contribution is -0.385. The van der Waals surface area contributed by atoms with E-state index < -0.39 is 14.9 Å². The zero-order chi connectivity index (χ0) is 23.6. The molecule has 2 aromatic rings. The lowest BCUT2D eigenvalue weighted by Gasteiger charge is -2.38. The molecule has 0 N–H and O–H groups in total. The van der Waals surface area contributed by atoms with Gasteiger partial charge in [-0.05, 0) is 25.0 Å². The molecule has 1 atom stereocenters. The van der Waals surface area contributed by atoms with Crippen molar-refractivity contribution in [3.05, 3.63) is 58.5 Å². The Bertz CT molecular complexity index is 1140. The van der Waals surface area contributed by atoms with Crippen LogP contribution in [0.2, 0.25) is 0 Å². The van der Waals surface area contributed by atoms with E-state index >= 15 is 0 Å². The quantitative estimate of drug-likeness (QED) is 0.472. The minimum absolute atomic E-state index is 0.0907. The summed E-state index contributed by atoms with van der Waals surface area (Å²) >= 11 is 0. The minimum Gasteiger partial charge on any atom is -0.472 e. The average molecular weight is 477 g/mol. The minimum atomic E-state index is -3.91. The summed E-state index contributed by atoms with van der Waals surface area (Å²) in [5.74, 6) is -0.601. The third kappa shape index (κ3) is 4.76. The van der Waals surface area contributed by atoms with E-state index in [1.807, 2.05) is 0 Å². The molecule has 0 saturated carbocycles. The van der Waals surface area contributed by atoms with Crippen LogP contribution in [0, 0.1) is 16.0 Å². The van der Waals surface area contributed by atoms with Crippen molar-refractivity contribution in [1.82, 2.24) is 14.1 Å². The largest absolute Gasteiger partial charge is 0.472 e. The van der Waals surface area contributed by atoms with Gasteiger partial charge in [-0.3, -0.25) is 19.7 Å². The fraction of sp³-hybridized carbons (Fsp3) is 0.429. The molecule has 33 heavy (non-hydrogen) atoms. The zero-order valence-corrected chi connectivity index (χ0v) is 18.6. The highest BCUT2D eigenvalue weighted by Gasteiger charge is 2.35. The number of likely N-dealkylation sites (tertiary alicyclic amines) is 1. The summed E-state index contributed by atoms with van der Waals surface area (Å²) in [6.45, 7) is 1.53. The van der Waals surface area contributed by atoms with Gasteiger partial charge in [0.15, 0.2) is 0 Å². The van der Waals surface area contributed by atoms with Crippen molar-refractivity contribution in [3.8, 4) is 0 Å². The summed E-state index contributed by atoms with van der Waals surface area (Å²) in [6.07, 6.45) is 4.19. The second-order valence-electron chi connectivity index (χ2n) is 8.09. The van der Waals surface area contributed by atoms with Crippen molar-refractivity contribution in [2.45, 2.75) is 17.7 Å². The first-order valence-electron chi connectivity index (χ1n) is 10.6. The number of hydrogen-bond acceptors (Lipinski definition) is 7. The number of carbonyl (C=O) groups excluding carboxylic acids is 2. The van der Waals surface area contributed by atoms with E-state index in [1.54, 1.807) is 15.9 Å². The summed E-state index contributed by atoms with van der Waals surface area (Å²) in [7, 11) is -3.91. The Morgan fingerprint density at radius 1 is 1.06 bits per heavy atom. The van der Waals surface area contributed by atoms with E-state index in [4.69, 9.17) is 4.42 Å². The van der Waals surface area contributed by atoms with Crippen LogP contribution in [0.25, 0.3) is 0 Å². The molecule has 1 aromatic heterocycles. The molecule has 2 aliphatic rings. The molecular weight excluding hydrogens is 452 g/mol.